The second kappa shape index (κ2) is 11.9. The Balaban J connectivity index is 1.34. The summed E-state index contributed by atoms with van der Waals surface area (Å²) < 4.78 is 13.8. The predicted molar refractivity (Wildman–Crippen MR) is 131 cm³/mol. The summed E-state index contributed by atoms with van der Waals surface area (Å²) in [6, 6.07) is 16.2. The summed E-state index contributed by atoms with van der Waals surface area (Å²) >= 11 is 0. The van der Waals surface area contributed by atoms with Gasteiger partial charge in [0, 0.05) is 89.7 Å². The topological polar surface area (TPSA) is 59.1 Å². The minimum atomic E-state index is -0.431. The molecule has 2 saturated heterocycles. The second-order valence-corrected chi connectivity index (χ2v) is 8.85. The lowest BCUT2D eigenvalue weighted by Crippen LogP contribution is -2.50. The number of piperazine rings is 2. The van der Waals surface area contributed by atoms with Crippen LogP contribution in [0.5, 0.6) is 0 Å². The van der Waals surface area contributed by atoms with Crippen LogP contribution in [0.2, 0.25) is 0 Å². The van der Waals surface area contributed by atoms with Gasteiger partial charge in [-0.2, -0.15) is 0 Å². The molecule has 0 unspecified atom stereocenters. The van der Waals surface area contributed by atoms with Crippen molar-refractivity contribution in [3.63, 3.8) is 0 Å². The molecule has 0 radical (unpaired) electrons. The van der Waals surface area contributed by atoms with E-state index in [2.05, 4.69) is 39.4 Å². The maximum atomic E-state index is 13.8. The monoisotopic (exact) mass is 467 g/mol. The molecule has 182 valence electrons. The van der Waals surface area contributed by atoms with E-state index >= 15 is 0 Å². The number of hydrogen-bond donors (Lipinski definition) is 1. The molecule has 2 aromatic carbocycles. The van der Waals surface area contributed by atoms with Gasteiger partial charge in [-0.05, 0) is 30.3 Å². The molecular weight excluding hydrogens is 433 g/mol. The fraction of sp³-hybridized carbons (Fsp3) is 0.462. The maximum Gasteiger partial charge on any atom is 0.254 e. The lowest BCUT2D eigenvalue weighted by molar-refractivity contribution is -0.131. The highest BCUT2D eigenvalue weighted by Crippen LogP contribution is 2.16. The minimum absolute atomic E-state index is 0.0648. The van der Waals surface area contributed by atoms with Gasteiger partial charge in [0.15, 0.2) is 0 Å². The van der Waals surface area contributed by atoms with Crippen LogP contribution in [0.15, 0.2) is 54.6 Å². The molecule has 34 heavy (non-hydrogen) atoms. The van der Waals surface area contributed by atoms with Gasteiger partial charge in [-0.15, -0.1) is 0 Å². The second-order valence-electron chi connectivity index (χ2n) is 8.85. The van der Waals surface area contributed by atoms with E-state index in [0.717, 1.165) is 45.8 Å². The Morgan fingerprint density at radius 3 is 2.32 bits per heavy atom. The number of hydrogen-bond acceptors (Lipinski definition) is 5. The lowest BCUT2D eigenvalue weighted by atomic mass is 10.1. The van der Waals surface area contributed by atoms with Crippen molar-refractivity contribution in [1.82, 2.24) is 20.0 Å². The quantitative estimate of drug-likeness (QED) is 0.643. The van der Waals surface area contributed by atoms with E-state index in [-0.39, 0.29) is 18.2 Å². The van der Waals surface area contributed by atoms with Gasteiger partial charge < -0.3 is 20.0 Å². The van der Waals surface area contributed by atoms with E-state index in [1.54, 1.807) is 17.0 Å². The fourth-order valence-corrected chi connectivity index (χ4v) is 4.55. The number of amides is 2. The molecule has 2 aliphatic heterocycles. The number of para-hydroxylation sites is 1. The summed E-state index contributed by atoms with van der Waals surface area (Å²) in [7, 11) is 0. The summed E-state index contributed by atoms with van der Waals surface area (Å²) in [5.41, 5.74) is 1.56. The third kappa shape index (κ3) is 6.55. The number of nitrogens with one attached hydrogen (secondary N) is 1. The largest absolute Gasteiger partial charge is 0.369 e. The number of anilines is 1. The Labute approximate surface area is 201 Å². The first-order valence-electron chi connectivity index (χ1n) is 12.2. The molecular formula is C26H34FN5O2. The first-order chi connectivity index (χ1) is 16.6. The molecule has 2 aliphatic rings. The molecule has 2 amide bonds. The normalized spacial score (nSPS) is 17.0. The van der Waals surface area contributed by atoms with E-state index in [1.807, 2.05) is 11.0 Å². The Morgan fingerprint density at radius 1 is 0.882 bits per heavy atom. The van der Waals surface area contributed by atoms with E-state index in [1.165, 1.54) is 17.8 Å². The summed E-state index contributed by atoms with van der Waals surface area (Å²) in [5, 5.41) is 3.25. The highest BCUT2D eigenvalue weighted by Gasteiger charge is 2.23. The number of carbonyl (C=O) groups is 2. The van der Waals surface area contributed by atoms with Crippen LogP contribution in [0, 0.1) is 5.82 Å². The van der Waals surface area contributed by atoms with Crippen LogP contribution in [0.3, 0.4) is 0 Å². The van der Waals surface area contributed by atoms with Crippen molar-refractivity contribution in [1.29, 1.82) is 0 Å². The van der Waals surface area contributed by atoms with Crippen molar-refractivity contribution in [2.24, 2.45) is 0 Å². The van der Waals surface area contributed by atoms with Crippen molar-refractivity contribution in [2.45, 2.75) is 6.42 Å². The molecule has 0 saturated carbocycles. The molecule has 1 N–H and O–H groups in total. The standard InChI is InChI=1S/C26H34FN5O2/c27-23-6-4-5-22(21-23)26(34)32(12-9-25(33)31-13-10-28-11-14-31)20-17-29-15-18-30(19-16-29)24-7-2-1-3-8-24/h1-8,21,28H,9-20H2. The van der Waals surface area contributed by atoms with Gasteiger partial charge in [0.2, 0.25) is 5.91 Å². The van der Waals surface area contributed by atoms with Crippen molar-refractivity contribution >= 4 is 17.5 Å². The van der Waals surface area contributed by atoms with Crippen molar-refractivity contribution in [3.8, 4) is 0 Å². The molecule has 2 fully saturated rings. The molecule has 7 nitrogen and oxygen atoms in total. The third-order valence-electron chi connectivity index (χ3n) is 6.60. The zero-order valence-corrected chi connectivity index (χ0v) is 19.7. The molecule has 2 aromatic rings. The van der Waals surface area contributed by atoms with Crippen LogP contribution >= 0.6 is 0 Å². The van der Waals surface area contributed by atoms with Crippen molar-refractivity contribution in [2.75, 3.05) is 76.9 Å². The van der Waals surface area contributed by atoms with E-state index in [4.69, 9.17) is 0 Å². The number of rotatable bonds is 8. The highest BCUT2D eigenvalue weighted by atomic mass is 19.1. The van der Waals surface area contributed by atoms with Crippen LogP contribution < -0.4 is 10.2 Å². The van der Waals surface area contributed by atoms with Gasteiger partial charge in [0.05, 0.1) is 0 Å². The lowest BCUT2D eigenvalue weighted by Gasteiger charge is -2.37. The van der Waals surface area contributed by atoms with Gasteiger partial charge in [0.25, 0.3) is 5.91 Å². The van der Waals surface area contributed by atoms with Crippen LogP contribution in [0.1, 0.15) is 16.8 Å². The zero-order chi connectivity index (χ0) is 23.8. The van der Waals surface area contributed by atoms with Crippen molar-refractivity contribution in [3.05, 3.63) is 66.0 Å². The van der Waals surface area contributed by atoms with Gasteiger partial charge in [0.1, 0.15) is 5.82 Å². The maximum absolute atomic E-state index is 13.8. The van der Waals surface area contributed by atoms with E-state index in [9.17, 15) is 14.0 Å². The predicted octanol–water partition coefficient (Wildman–Crippen LogP) is 1.91. The number of carbonyl (C=O) groups excluding carboxylic acids is 2. The van der Waals surface area contributed by atoms with Crippen LogP contribution in [-0.4, -0.2) is 98.5 Å². The number of halogens is 1. The van der Waals surface area contributed by atoms with Crippen LogP contribution in [0.25, 0.3) is 0 Å². The average molecular weight is 468 g/mol. The third-order valence-corrected chi connectivity index (χ3v) is 6.60. The first-order valence-corrected chi connectivity index (χ1v) is 12.2. The molecule has 0 atom stereocenters. The Bertz CT molecular complexity index is 943. The number of nitrogens with zero attached hydrogens (tertiary/aromatic N) is 4. The first kappa shape index (κ1) is 24.2. The number of benzene rings is 2. The molecule has 0 spiro atoms. The summed E-state index contributed by atoms with van der Waals surface area (Å²) in [6.07, 6.45) is 0.281. The van der Waals surface area contributed by atoms with Gasteiger partial charge in [-0.3, -0.25) is 14.5 Å². The molecule has 8 heteroatoms. The van der Waals surface area contributed by atoms with E-state index < -0.39 is 5.82 Å². The Morgan fingerprint density at radius 2 is 1.62 bits per heavy atom. The Kier molecular flexibility index (Phi) is 8.49. The smallest absolute Gasteiger partial charge is 0.254 e. The Hall–Kier alpha value is -2.97. The van der Waals surface area contributed by atoms with Crippen LogP contribution in [-0.2, 0) is 4.79 Å². The molecule has 0 aromatic heterocycles. The molecule has 0 bridgehead atoms. The SMILES string of the molecule is O=C(CCN(CCN1CCN(c2ccccc2)CC1)C(=O)c1cccc(F)c1)N1CCNCC1. The summed E-state index contributed by atoms with van der Waals surface area (Å²) in [5.74, 6) is -0.592. The molecule has 2 heterocycles. The highest BCUT2D eigenvalue weighted by molar-refractivity contribution is 5.94. The van der Waals surface area contributed by atoms with Gasteiger partial charge >= 0.3 is 0 Å². The van der Waals surface area contributed by atoms with Crippen LogP contribution in [0.4, 0.5) is 10.1 Å². The zero-order valence-electron chi connectivity index (χ0n) is 19.7. The van der Waals surface area contributed by atoms with Crippen molar-refractivity contribution < 1.29 is 14.0 Å². The van der Waals surface area contributed by atoms with E-state index in [0.29, 0.717) is 31.7 Å². The summed E-state index contributed by atoms with van der Waals surface area (Å²) in [6.45, 7) is 8.26. The molecule has 0 aliphatic carbocycles. The molecule has 4 rings (SSSR count). The fourth-order valence-electron chi connectivity index (χ4n) is 4.55. The van der Waals surface area contributed by atoms with Gasteiger partial charge in [-0.1, -0.05) is 24.3 Å². The summed E-state index contributed by atoms with van der Waals surface area (Å²) in [4.78, 5) is 34.2. The minimum Gasteiger partial charge on any atom is -0.369 e. The average Bonchev–Trinajstić information content (AvgIpc) is 2.89. The van der Waals surface area contributed by atoms with Gasteiger partial charge in [-0.25, -0.2) is 4.39 Å².